The molecule has 0 aliphatic heterocycles. The number of hydrogen-bond acceptors (Lipinski definition) is 2. The molecule has 12 heavy (non-hydrogen) atoms. The smallest absolute Gasteiger partial charge is 0.171 e. The van der Waals surface area contributed by atoms with Crippen LogP contribution in [0.4, 0.5) is 0 Å². The molecular formula is C8H11BrN2O. The van der Waals surface area contributed by atoms with E-state index in [9.17, 15) is 4.79 Å². The van der Waals surface area contributed by atoms with Crippen LogP contribution in [-0.4, -0.2) is 16.1 Å². The largest absolute Gasteiger partial charge is 0.296 e. The maximum Gasteiger partial charge on any atom is 0.171 e. The van der Waals surface area contributed by atoms with Crippen LogP contribution in [0.1, 0.15) is 31.3 Å². The van der Waals surface area contributed by atoms with Crippen molar-refractivity contribution < 1.29 is 4.79 Å². The highest BCUT2D eigenvalue weighted by molar-refractivity contribution is 9.10. The highest BCUT2D eigenvalue weighted by Gasteiger charge is 2.16. The zero-order valence-electron chi connectivity index (χ0n) is 7.34. The van der Waals surface area contributed by atoms with Crippen molar-refractivity contribution in [3.05, 3.63) is 16.4 Å². The van der Waals surface area contributed by atoms with Crippen molar-refractivity contribution in [2.45, 2.75) is 26.3 Å². The van der Waals surface area contributed by atoms with Crippen molar-refractivity contribution in [2.24, 2.45) is 0 Å². The van der Waals surface area contributed by atoms with E-state index in [0.717, 1.165) is 10.8 Å². The van der Waals surface area contributed by atoms with E-state index in [2.05, 4.69) is 21.0 Å². The van der Waals surface area contributed by atoms with Gasteiger partial charge in [-0.25, -0.2) is 0 Å². The van der Waals surface area contributed by atoms with Gasteiger partial charge in [-0.3, -0.25) is 9.48 Å². The number of carbonyl (C=O) groups excluding carboxylic acids is 1. The van der Waals surface area contributed by atoms with Crippen LogP contribution < -0.4 is 0 Å². The van der Waals surface area contributed by atoms with Gasteiger partial charge in [0.15, 0.2) is 6.29 Å². The summed E-state index contributed by atoms with van der Waals surface area (Å²) in [4.78, 5) is 10.5. The van der Waals surface area contributed by atoms with Crippen LogP contribution in [0.2, 0.25) is 0 Å². The van der Waals surface area contributed by atoms with Crippen molar-refractivity contribution in [2.75, 3.05) is 0 Å². The van der Waals surface area contributed by atoms with E-state index in [4.69, 9.17) is 0 Å². The van der Waals surface area contributed by atoms with Crippen LogP contribution in [-0.2, 0) is 5.54 Å². The van der Waals surface area contributed by atoms with Crippen molar-refractivity contribution >= 4 is 22.2 Å². The third-order valence-corrected chi connectivity index (χ3v) is 2.11. The van der Waals surface area contributed by atoms with Crippen LogP contribution in [0.25, 0.3) is 0 Å². The summed E-state index contributed by atoms with van der Waals surface area (Å²) in [6.07, 6.45) is 2.55. The summed E-state index contributed by atoms with van der Waals surface area (Å²) in [5.74, 6) is 0. The lowest BCUT2D eigenvalue weighted by atomic mass is 10.1. The van der Waals surface area contributed by atoms with Crippen molar-refractivity contribution in [1.82, 2.24) is 9.78 Å². The third kappa shape index (κ3) is 1.75. The number of rotatable bonds is 1. The lowest BCUT2D eigenvalue weighted by Gasteiger charge is -2.18. The van der Waals surface area contributed by atoms with Crippen LogP contribution in [0.5, 0.6) is 0 Å². The molecule has 0 aliphatic rings. The maximum atomic E-state index is 10.5. The first-order chi connectivity index (χ1) is 5.45. The predicted octanol–water partition coefficient (Wildman–Crippen LogP) is 2.21. The highest BCUT2D eigenvalue weighted by Crippen LogP contribution is 2.19. The Morgan fingerprint density at radius 1 is 1.58 bits per heavy atom. The molecule has 1 aromatic rings. The zero-order chi connectivity index (χ0) is 9.35. The van der Waals surface area contributed by atoms with Gasteiger partial charge in [0, 0.05) is 6.20 Å². The number of nitrogens with zero attached hydrogens (tertiary/aromatic N) is 2. The molecule has 0 saturated carbocycles. The number of aldehydes is 1. The van der Waals surface area contributed by atoms with E-state index in [1.165, 1.54) is 0 Å². The lowest BCUT2D eigenvalue weighted by molar-refractivity contribution is 0.111. The Labute approximate surface area is 79.9 Å². The third-order valence-electron chi connectivity index (χ3n) is 1.49. The maximum absolute atomic E-state index is 10.5. The van der Waals surface area contributed by atoms with Crippen LogP contribution in [0.15, 0.2) is 10.7 Å². The summed E-state index contributed by atoms with van der Waals surface area (Å²) in [5, 5.41) is 4.10. The summed E-state index contributed by atoms with van der Waals surface area (Å²) < 4.78 is 2.51. The normalized spacial score (nSPS) is 11.7. The Kier molecular flexibility index (Phi) is 2.37. The molecule has 0 aliphatic carbocycles. The van der Waals surface area contributed by atoms with Gasteiger partial charge in [-0.15, -0.1) is 0 Å². The van der Waals surface area contributed by atoms with E-state index >= 15 is 0 Å². The van der Waals surface area contributed by atoms with Crippen molar-refractivity contribution in [3.8, 4) is 0 Å². The molecule has 0 fully saturated rings. The van der Waals surface area contributed by atoms with Crippen molar-refractivity contribution in [3.63, 3.8) is 0 Å². The van der Waals surface area contributed by atoms with E-state index in [0.29, 0.717) is 5.69 Å². The van der Waals surface area contributed by atoms with Gasteiger partial charge in [0.2, 0.25) is 0 Å². The minimum Gasteiger partial charge on any atom is -0.296 e. The number of hydrogen-bond donors (Lipinski definition) is 0. The first-order valence-corrected chi connectivity index (χ1v) is 4.45. The molecule has 0 saturated heterocycles. The fraction of sp³-hybridized carbons (Fsp3) is 0.500. The molecule has 1 rings (SSSR count). The fourth-order valence-electron chi connectivity index (χ4n) is 0.790. The molecule has 0 atom stereocenters. The van der Waals surface area contributed by atoms with Gasteiger partial charge in [-0.2, -0.15) is 5.10 Å². The second-order valence-electron chi connectivity index (χ2n) is 3.60. The Bertz CT molecular complexity index is 298. The number of carbonyl (C=O) groups is 1. The van der Waals surface area contributed by atoms with E-state index < -0.39 is 0 Å². The number of aromatic nitrogens is 2. The van der Waals surface area contributed by atoms with Gasteiger partial charge in [0.1, 0.15) is 5.69 Å². The SMILES string of the molecule is CC(C)(C)n1cc(Br)c(C=O)n1. The van der Waals surface area contributed by atoms with E-state index in [1.54, 1.807) is 4.68 Å². The average molecular weight is 231 g/mol. The van der Waals surface area contributed by atoms with Crippen molar-refractivity contribution in [1.29, 1.82) is 0 Å². The van der Waals surface area contributed by atoms with Crippen LogP contribution in [0, 0.1) is 0 Å². The summed E-state index contributed by atoms with van der Waals surface area (Å²) in [6, 6.07) is 0. The van der Waals surface area contributed by atoms with Crippen LogP contribution >= 0.6 is 15.9 Å². The predicted molar refractivity (Wildman–Crippen MR) is 50.3 cm³/mol. The Morgan fingerprint density at radius 2 is 2.17 bits per heavy atom. The summed E-state index contributed by atoms with van der Waals surface area (Å²) >= 11 is 3.26. The minimum atomic E-state index is -0.0796. The Balaban J connectivity index is 3.13. The molecule has 66 valence electrons. The van der Waals surface area contributed by atoms with Gasteiger partial charge in [-0.05, 0) is 36.7 Å². The molecule has 0 unspecified atom stereocenters. The average Bonchev–Trinajstić information content (AvgIpc) is 2.29. The second kappa shape index (κ2) is 3.01. The second-order valence-corrected chi connectivity index (χ2v) is 4.45. The Hall–Kier alpha value is -0.640. The van der Waals surface area contributed by atoms with Gasteiger partial charge in [0.05, 0.1) is 10.0 Å². The highest BCUT2D eigenvalue weighted by atomic mass is 79.9. The first-order valence-electron chi connectivity index (χ1n) is 3.66. The van der Waals surface area contributed by atoms with Gasteiger partial charge in [0.25, 0.3) is 0 Å². The van der Waals surface area contributed by atoms with Gasteiger partial charge in [-0.1, -0.05) is 0 Å². The Morgan fingerprint density at radius 3 is 2.42 bits per heavy atom. The standard InChI is InChI=1S/C8H11BrN2O/c1-8(2,3)11-4-6(9)7(5-12)10-11/h4-5H,1-3H3. The molecule has 0 radical (unpaired) electrons. The lowest BCUT2D eigenvalue weighted by Crippen LogP contribution is -2.22. The number of halogens is 1. The summed E-state index contributed by atoms with van der Waals surface area (Å²) in [5.41, 5.74) is 0.369. The summed E-state index contributed by atoms with van der Waals surface area (Å²) in [6.45, 7) is 6.09. The molecular weight excluding hydrogens is 220 g/mol. The van der Waals surface area contributed by atoms with Gasteiger partial charge >= 0.3 is 0 Å². The minimum absolute atomic E-state index is 0.0796. The topological polar surface area (TPSA) is 34.9 Å². The molecule has 0 N–H and O–H groups in total. The molecule has 1 heterocycles. The monoisotopic (exact) mass is 230 g/mol. The summed E-state index contributed by atoms with van der Waals surface area (Å²) in [7, 11) is 0. The van der Waals surface area contributed by atoms with E-state index in [-0.39, 0.29) is 5.54 Å². The molecule has 0 amide bonds. The molecule has 1 aromatic heterocycles. The zero-order valence-corrected chi connectivity index (χ0v) is 8.92. The molecule has 0 aromatic carbocycles. The molecule has 0 spiro atoms. The quantitative estimate of drug-likeness (QED) is 0.694. The molecule has 4 heteroatoms. The fourth-order valence-corrected chi connectivity index (χ4v) is 1.16. The van der Waals surface area contributed by atoms with E-state index in [1.807, 2.05) is 27.0 Å². The molecule has 3 nitrogen and oxygen atoms in total. The van der Waals surface area contributed by atoms with Gasteiger partial charge < -0.3 is 0 Å². The molecule has 0 bridgehead atoms. The first kappa shape index (κ1) is 9.45. The van der Waals surface area contributed by atoms with Crippen LogP contribution in [0.3, 0.4) is 0 Å².